The molecule has 0 aromatic carbocycles. The van der Waals surface area contributed by atoms with Crippen molar-refractivity contribution >= 4 is 0 Å². The second-order valence-electron chi connectivity index (χ2n) is 6.40. The Morgan fingerprint density at radius 3 is 2.84 bits per heavy atom. The Morgan fingerprint density at radius 2 is 2.16 bits per heavy atom. The summed E-state index contributed by atoms with van der Waals surface area (Å²) in [6.07, 6.45) is 6.36. The Bertz CT molecular complexity index is 324. The highest BCUT2D eigenvalue weighted by Gasteiger charge is 2.48. The normalized spacial score (nSPS) is 33.7. The average Bonchev–Trinajstić information content (AvgIpc) is 2.52. The maximum Gasteiger partial charge on any atom is 0.247 e. The molecule has 0 spiro atoms. The van der Waals surface area contributed by atoms with Crippen molar-refractivity contribution in [3.63, 3.8) is 0 Å². The Morgan fingerprint density at radius 1 is 1.37 bits per heavy atom. The first-order valence-corrected chi connectivity index (χ1v) is 7.64. The van der Waals surface area contributed by atoms with E-state index in [1.54, 1.807) is 0 Å². The fraction of sp³-hybridized carbons (Fsp3) is 1.00. The van der Waals surface area contributed by atoms with Crippen molar-refractivity contribution < 1.29 is 4.92 Å². The molecule has 2 atom stereocenters. The average molecular weight is 269 g/mol. The molecule has 0 aromatic rings. The number of piperidine rings is 1. The summed E-state index contributed by atoms with van der Waals surface area (Å²) >= 11 is 0. The third-order valence-electron chi connectivity index (χ3n) is 4.72. The summed E-state index contributed by atoms with van der Waals surface area (Å²) in [6, 6.07) is 0.530. The zero-order valence-electron chi connectivity index (χ0n) is 12.3. The second-order valence-corrected chi connectivity index (χ2v) is 6.40. The molecule has 19 heavy (non-hydrogen) atoms. The monoisotopic (exact) mass is 269 g/mol. The van der Waals surface area contributed by atoms with Gasteiger partial charge < -0.3 is 0 Å². The molecule has 5 nitrogen and oxygen atoms in total. The van der Waals surface area contributed by atoms with Gasteiger partial charge in [0.05, 0.1) is 13.1 Å². The molecule has 110 valence electrons. The standard InChI is InChI=1S/C14H27N3O2/c1-3-4-8-14(17(18)19)11-15(2)10-13-7-5-6-9-16(13)12-14/h13H,3-12H2,1-2H3. The van der Waals surface area contributed by atoms with Gasteiger partial charge in [0.25, 0.3) is 0 Å². The van der Waals surface area contributed by atoms with Crippen LogP contribution in [0.2, 0.25) is 0 Å². The van der Waals surface area contributed by atoms with Crippen LogP contribution in [-0.2, 0) is 0 Å². The predicted molar refractivity (Wildman–Crippen MR) is 76.0 cm³/mol. The molecular weight excluding hydrogens is 242 g/mol. The van der Waals surface area contributed by atoms with Crippen LogP contribution in [0.3, 0.4) is 0 Å². The number of hydrogen-bond donors (Lipinski definition) is 0. The van der Waals surface area contributed by atoms with Gasteiger partial charge in [0.15, 0.2) is 0 Å². The van der Waals surface area contributed by atoms with Crippen LogP contribution >= 0.6 is 0 Å². The van der Waals surface area contributed by atoms with Crippen molar-refractivity contribution in [1.29, 1.82) is 0 Å². The van der Waals surface area contributed by atoms with Crippen LogP contribution < -0.4 is 0 Å². The largest absolute Gasteiger partial charge is 0.298 e. The third kappa shape index (κ3) is 3.26. The first kappa shape index (κ1) is 14.7. The van der Waals surface area contributed by atoms with Gasteiger partial charge in [0.2, 0.25) is 5.54 Å². The summed E-state index contributed by atoms with van der Waals surface area (Å²) in [5.74, 6) is 0. The molecular formula is C14H27N3O2. The fourth-order valence-electron chi connectivity index (χ4n) is 3.70. The molecule has 2 fully saturated rings. The van der Waals surface area contributed by atoms with Crippen molar-refractivity contribution in [2.45, 2.75) is 57.0 Å². The third-order valence-corrected chi connectivity index (χ3v) is 4.72. The van der Waals surface area contributed by atoms with E-state index in [1.807, 2.05) is 7.05 Å². The van der Waals surface area contributed by atoms with Gasteiger partial charge in [0, 0.05) is 23.9 Å². The molecule has 0 amide bonds. The van der Waals surface area contributed by atoms with E-state index in [0.29, 0.717) is 25.6 Å². The lowest BCUT2D eigenvalue weighted by Crippen LogP contribution is -2.53. The summed E-state index contributed by atoms with van der Waals surface area (Å²) in [4.78, 5) is 16.3. The Labute approximate surface area is 116 Å². The van der Waals surface area contributed by atoms with E-state index in [2.05, 4.69) is 16.7 Å². The molecule has 2 aliphatic heterocycles. The summed E-state index contributed by atoms with van der Waals surface area (Å²) in [6.45, 7) is 5.39. The number of fused-ring (bicyclic) bond motifs is 1. The minimum atomic E-state index is -0.753. The summed E-state index contributed by atoms with van der Waals surface area (Å²) < 4.78 is 0. The molecule has 2 rings (SSSR count). The highest BCUT2D eigenvalue weighted by molar-refractivity contribution is 4.94. The van der Waals surface area contributed by atoms with Gasteiger partial charge in [-0.1, -0.05) is 19.8 Å². The second kappa shape index (κ2) is 6.18. The molecule has 0 saturated carbocycles. The molecule has 0 aliphatic carbocycles. The summed E-state index contributed by atoms with van der Waals surface area (Å²) in [5.41, 5.74) is -0.753. The number of hydrogen-bond acceptors (Lipinski definition) is 4. The number of nitrogens with zero attached hydrogens (tertiary/aromatic N) is 3. The van der Waals surface area contributed by atoms with E-state index in [9.17, 15) is 10.1 Å². The number of unbranched alkanes of at least 4 members (excludes halogenated alkanes) is 1. The lowest BCUT2D eigenvalue weighted by molar-refractivity contribution is -0.571. The van der Waals surface area contributed by atoms with E-state index < -0.39 is 5.54 Å². The van der Waals surface area contributed by atoms with E-state index in [-0.39, 0.29) is 4.92 Å². The molecule has 0 bridgehead atoms. The smallest absolute Gasteiger partial charge is 0.247 e. The first-order valence-electron chi connectivity index (χ1n) is 7.64. The number of rotatable bonds is 4. The molecule has 2 heterocycles. The van der Waals surface area contributed by atoms with Gasteiger partial charge in [-0.05, 0) is 32.9 Å². The zero-order valence-corrected chi connectivity index (χ0v) is 12.3. The molecule has 5 heteroatoms. The van der Waals surface area contributed by atoms with E-state index in [1.165, 1.54) is 19.3 Å². The Balaban J connectivity index is 2.18. The minimum Gasteiger partial charge on any atom is -0.298 e. The fourth-order valence-corrected chi connectivity index (χ4v) is 3.70. The molecule has 0 aromatic heterocycles. The molecule has 0 N–H and O–H groups in total. The van der Waals surface area contributed by atoms with Crippen LogP contribution in [-0.4, -0.2) is 59.5 Å². The molecule has 0 radical (unpaired) electrons. The van der Waals surface area contributed by atoms with Gasteiger partial charge in [-0.3, -0.25) is 19.9 Å². The van der Waals surface area contributed by atoms with Crippen molar-refractivity contribution in [2.24, 2.45) is 0 Å². The highest BCUT2D eigenvalue weighted by atomic mass is 16.6. The number of likely N-dealkylation sites (N-methyl/N-ethyl adjacent to an activating group) is 1. The van der Waals surface area contributed by atoms with Crippen molar-refractivity contribution in [3.05, 3.63) is 10.1 Å². The van der Waals surface area contributed by atoms with Crippen LogP contribution in [0.25, 0.3) is 0 Å². The van der Waals surface area contributed by atoms with Gasteiger partial charge in [-0.25, -0.2) is 0 Å². The van der Waals surface area contributed by atoms with Crippen LogP contribution in [0.4, 0.5) is 0 Å². The Kier molecular flexibility index (Phi) is 4.79. The van der Waals surface area contributed by atoms with E-state index in [0.717, 1.165) is 25.9 Å². The maximum atomic E-state index is 11.7. The minimum absolute atomic E-state index is 0.0101. The van der Waals surface area contributed by atoms with Crippen LogP contribution in [0.5, 0.6) is 0 Å². The van der Waals surface area contributed by atoms with Crippen LogP contribution in [0, 0.1) is 10.1 Å². The maximum absolute atomic E-state index is 11.7. The Hall–Kier alpha value is -0.680. The SMILES string of the molecule is CCCCC1([N+](=O)[O-])CN(C)CC2CCCCN2C1. The van der Waals surface area contributed by atoms with Gasteiger partial charge in [-0.2, -0.15) is 0 Å². The molecule has 2 unspecified atom stereocenters. The van der Waals surface area contributed by atoms with Gasteiger partial charge in [0.1, 0.15) is 0 Å². The lowest BCUT2D eigenvalue weighted by Gasteiger charge is -2.36. The summed E-state index contributed by atoms with van der Waals surface area (Å²) in [5, 5.41) is 11.7. The lowest BCUT2D eigenvalue weighted by atomic mass is 9.91. The van der Waals surface area contributed by atoms with E-state index >= 15 is 0 Å². The van der Waals surface area contributed by atoms with Gasteiger partial charge >= 0.3 is 0 Å². The van der Waals surface area contributed by atoms with Gasteiger partial charge in [-0.15, -0.1) is 0 Å². The van der Waals surface area contributed by atoms with Crippen molar-refractivity contribution in [2.75, 3.05) is 33.2 Å². The topological polar surface area (TPSA) is 49.6 Å². The molecule has 2 aliphatic rings. The quantitative estimate of drug-likeness (QED) is 0.578. The highest BCUT2D eigenvalue weighted by Crippen LogP contribution is 2.29. The van der Waals surface area contributed by atoms with Crippen molar-refractivity contribution in [1.82, 2.24) is 9.80 Å². The van der Waals surface area contributed by atoms with Crippen LogP contribution in [0.15, 0.2) is 0 Å². The predicted octanol–water partition coefficient (Wildman–Crippen LogP) is 1.99. The van der Waals surface area contributed by atoms with E-state index in [4.69, 9.17) is 0 Å². The molecule has 2 saturated heterocycles. The summed E-state index contributed by atoms with van der Waals surface area (Å²) in [7, 11) is 2.04. The first-order chi connectivity index (χ1) is 9.07. The zero-order chi connectivity index (χ0) is 13.9. The van der Waals surface area contributed by atoms with Crippen molar-refractivity contribution in [3.8, 4) is 0 Å². The van der Waals surface area contributed by atoms with Crippen LogP contribution in [0.1, 0.15) is 45.4 Å². The number of nitro groups is 1.